The highest BCUT2D eigenvalue weighted by atomic mass is 79.9. The van der Waals surface area contributed by atoms with Crippen LogP contribution in [0.3, 0.4) is 0 Å². The molecule has 2 aliphatic rings. The van der Waals surface area contributed by atoms with E-state index in [1.807, 2.05) is 42.5 Å². The van der Waals surface area contributed by atoms with Gasteiger partial charge in [0, 0.05) is 36.8 Å². The first kappa shape index (κ1) is 23.7. The predicted octanol–water partition coefficient (Wildman–Crippen LogP) is 3.55. The highest BCUT2D eigenvalue weighted by Crippen LogP contribution is 2.40. The van der Waals surface area contributed by atoms with Gasteiger partial charge >= 0.3 is 0 Å². The van der Waals surface area contributed by atoms with Crippen molar-refractivity contribution in [3.63, 3.8) is 0 Å². The van der Waals surface area contributed by atoms with E-state index in [9.17, 15) is 14.7 Å². The second-order valence-electron chi connectivity index (χ2n) is 8.83. The average molecular weight is 539 g/mol. The number of likely N-dealkylation sites (tertiary alicyclic amines) is 1. The number of aliphatic hydroxyl groups is 1. The van der Waals surface area contributed by atoms with Crippen LogP contribution in [0, 0.1) is 6.92 Å². The van der Waals surface area contributed by atoms with Crippen LogP contribution in [-0.4, -0.2) is 75.4 Å². The molecule has 0 aliphatic carbocycles. The molecule has 0 spiro atoms. The Balaban J connectivity index is 1.54. The van der Waals surface area contributed by atoms with Crippen LogP contribution in [0.4, 0.5) is 0 Å². The van der Waals surface area contributed by atoms with Crippen LogP contribution < -0.4 is 0 Å². The first-order valence-electron chi connectivity index (χ1n) is 11.7. The van der Waals surface area contributed by atoms with Crippen LogP contribution in [-0.2, 0) is 14.3 Å². The van der Waals surface area contributed by atoms with Crippen LogP contribution in [0.25, 0.3) is 11.4 Å². The molecule has 5 rings (SSSR count). The number of morpholine rings is 1. The first-order chi connectivity index (χ1) is 17.0. The van der Waals surface area contributed by atoms with Gasteiger partial charge in [-0.05, 0) is 43.2 Å². The highest BCUT2D eigenvalue weighted by Gasteiger charge is 2.46. The summed E-state index contributed by atoms with van der Waals surface area (Å²) >= 11 is 3.45. The number of Topliss-reactive ketones (excluding diaryl/α,β-unsaturated/α-hetero) is 1. The third kappa shape index (κ3) is 4.51. The van der Waals surface area contributed by atoms with Crippen molar-refractivity contribution in [2.45, 2.75) is 19.4 Å². The van der Waals surface area contributed by atoms with Gasteiger partial charge in [0.05, 0.1) is 30.5 Å². The van der Waals surface area contributed by atoms with E-state index >= 15 is 0 Å². The number of ether oxygens (including phenoxy) is 1. The fraction of sp³-hybridized carbons (Fsp3) is 0.346. The van der Waals surface area contributed by atoms with Crippen molar-refractivity contribution in [2.75, 3.05) is 39.4 Å². The smallest absolute Gasteiger partial charge is 0.295 e. The van der Waals surface area contributed by atoms with E-state index in [1.165, 1.54) is 0 Å². The number of nitrogens with zero attached hydrogens (tertiary/aromatic N) is 4. The number of fused-ring (bicyclic) bond motifs is 1. The number of rotatable bonds is 6. The van der Waals surface area contributed by atoms with Gasteiger partial charge in [-0.25, -0.2) is 4.98 Å². The summed E-state index contributed by atoms with van der Waals surface area (Å²) in [6, 6.07) is 12.4. The van der Waals surface area contributed by atoms with E-state index < -0.39 is 17.7 Å². The minimum atomic E-state index is -0.679. The Morgan fingerprint density at radius 1 is 1.11 bits per heavy atom. The van der Waals surface area contributed by atoms with Gasteiger partial charge < -0.3 is 14.7 Å². The van der Waals surface area contributed by atoms with Gasteiger partial charge in [0.2, 0.25) is 0 Å². The lowest BCUT2D eigenvalue weighted by Crippen LogP contribution is -2.38. The van der Waals surface area contributed by atoms with Crippen molar-refractivity contribution in [3.05, 3.63) is 75.7 Å². The number of pyridine rings is 1. The van der Waals surface area contributed by atoms with E-state index in [0.29, 0.717) is 43.2 Å². The number of hydrogen-bond donors (Lipinski definition) is 1. The lowest BCUT2D eigenvalue weighted by Gasteiger charge is -2.29. The van der Waals surface area contributed by atoms with Gasteiger partial charge in [-0.3, -0.25) is 18.9 Å². The van der Waals surface area contributed by atoms with Crippen LogP contribution in [0.1, 0.15) is 29.4 Å². The largest absolute Gasteiger partial charge is 0.505 e. The van der Waals surface area contributed by atoms with E-state index in [2.05, 4.69) is 25.8 Å². The molecule has 1 amide bonds. The Kier molecular flexibility index (Phi) is 6.73. The fourth-order valence-electron chi connectivity index (χ4n) is 4.92. The molecule has 2 aliphatic heterocycles. The topological polar surface area (TPSA) is 87.4 Å². The van der Waals surface area contributed by atoms with Crippen molar-refractivity contribution in [3.8, 4) is 0 Å². The second kappa shape index (κ2) is 9.93. The number of aliphatic hydroxyl groups excluding tert-OH is 1. The summed E-state index contributed by atoms with van der Waals surface area (Å²) in [5.41, 5.74) is 2.53. The lowest BCUT2D eigenvalue weighted by molar-refractivity contribution is -0.140. The maximum Gasteiger partial charge on any atom is 0.295 e. The van der Waals surface area contributed by atoms with Crippen LogP contribution in [0.15, 0.2) is 58.7 Å². The molecule has 2 fully saturated rings. The maximum absolute atomic E-state index is 13.3. The van der Waals surface area contributed by atoms with Gasteiger partial charge in [-0.1, -0.05) is 34.1 Å². The lowest BCUT2D eigenvalue weighted by atomic mass is 9.96. The number of benzene rings is 1. The summed E-state index contributed by atoms with van der Waals surface area (Å²) in [5, 5.41) is 11.5. The molecule has 0 bridgehead atoms. The van der Waals surface area contributed by atoms with Crippen molar-refractivity contribution < 1.29 is 19.4 Å². The maximum atomic E-state index is 13.3. The van der Waals surface area contributed by atoms with Crippen molar-refractivity contribution >= 4 is 39.0 Å². The number of imidazole rings is 1. The molecule has 1 N–H and O–H groups in total. The number of carbonyl (C=O) groups excluding carboxylic acids is 2. The summed E-state index contributed by atoms with van der Waals surface area (Å²) in [6.07, 6.45) is 2.51. The van der Waals surface area contributed by atoms with E-state index in [0.717, 1.165) is 29.7 Å². The van der Waals surface area contributed by atoms with Crippen molar-refractivity contribution in [1.82, 2.24) is 19.2 Å². The zero-order chi connectivity index (χ0) is 24.5. The number of aromatic nitrogens is 2. The molecule has 9 heteroatoms. The van der Waals surface area contributed by atoms with Gasteiger partial charge in [-0.2, -0.15) is 0 Å². The van der Waals surface area contributed by atoms with Gasteiger partial charge in [0.15, 0.2) is 5.76 Å². The molecule has 1 aromatic carbocycles. The first-order valence-corrected chi connectivity index (χ1v) is 12.5. The van der Waals surface area contributed by atoms with Crippen LogP contribution in [0.5, 0.6) is 0 Å². The summed E-state index contributed by atoms with van der Waals surface area (Å²) in [7, 11) is 0. The van der Waals surface area contributed by atoms with E-state index in [-0.39, 0.29) is 11.3 Å². The zero-order valence-corrected chi connectivity index (χ0v) is 21.1. The summed E-state index contributed by atoms with van der Waals surface area (Å²) < 4.78 is 8.05. The predicted molar refractivity (Wildman–Crippen MR) is 135 cm³/mol. The molecule has 3 aromatic rings. The normalized spacial score (nSPS) is 20.7. The third-order valence-corrected chi connectivity index (χ3v) is 7.16. The highest BCUT2D eigenvalue weighted by molar-refractivity contribution is 9.10. The number of halogens is 1. The third-order valence-electron chi connectivity index (χ3n) is 6.63. The van der Waals surface area contributed by atoms with E-state index in [4.69, 9.17) is 4.74 Å². The molecule has 0 unspecified atom stereocenters. The Morgan fingerprint density at radius 3 is 2.60 bits per heavy atom. The van der Waals surface area contributed by atoms with Crippen LogP contribution in [0.2, 0.25) is 0 Å². The second-order valence-corrected chi connectivity index (χ2v) is 9.74. The summed E-state index contributed by atoms with van der Waals surface area (Å²) in [5.74, 6) is -1.47. The van der Waals surface area contributed by atoms with E-state index in [1.54, 1.807) is 22.4 Å². The molecule has 0 radical (unpaired) electrons. The standard InChI is InChI=1S/C26H27BrN4O4/c1-17-22(30-11-3-2-5-20(30)28-17)24(32)21-23(18-6-8-19(27)9-7-18)31(26(34)25(21)33)12-4-10-29-13-15-35-16-14-29/h2-3,5-9,11,23,32H,4,10,12-16H2,1H3/t23-/m0/s1. The minimum Gasteiger partial charge on any atom is -0.505 e. The average Bonchev–Trinajstić information content (AvgIpc) is 3.33. The molecule has 2 aromatic heterocycles. The van der Waals surface area contributed by atoms with Gasteiger partial charge in [0.1, 0.15) is 11.3 Å². The number of hydrogen-bond acceptors (Lipinski definition) is 6. The molecule has 182 valence electrons. The van der Waals surface area contributed by atoms with Gasteiger partial charge in [0.25, 0.3) is 11.7 Å². The molecule has 35 heavy (non-hydrogen) atoms. The molecule has 0 saturated carbocycles. The Labute approximate surface area is 211 Å². The number of ketones is 1. The molecule has 8 nitrogen and oxygen atoms in total. The molecule has 4 heterocycles. The molecule has 1 atom stereocenters. The monoisotopic (exact) mass is 538 g/mol. The Bertz CT molecular complexity index is 1290. The van der Waals surface area contributed by atoms with Crippen molar-refractivity contribution in [2.24, 2.45) is 0 Å². The number of carbonyl (C=O) groups is 2. The molecular weight excluding hydrogens is 512 g/mol. The molecule has 2 saturated heterocycles. The van der Waals surface area contributed by atoms with Crippen LogP contribution >= 0.6 is 15.9 Å². The fourth-order valence-corrected chi connectivity index (χ4v) is 5.18. The zero-order valence-electron chi connectivity index (χ0n) is 19.5. The Hall–Kier alpha value is -3.01. The van der Waals surface area contributed by atoms with Gasteiger partial charge in [-0.15, -0.1) is 0 Å². The number of amides is 1. The minimum absolute atomic E-state index is 0.0949. The number of aryl methyl sites for hydroxylation is 1. The quantitative estimate of drug-likeness (QED) is 0.293. The molecular formula is C26H27BrN4O4. The summed E-state index contributed by atoms with van der Waals surface area (Å²) in [6.45, 7) is 6.15. The SMILES string of the molecule is Cc1nc2ccccn2c1C(O)=C1C(=O)C(=O)N(CCCN2CCOCC2)[C@H]1c1ccc(Br)cc1. The van der Waals surface area contributed by atoms with Crippen molar-refractivity contribution in [1.29, 1.82) is 0 Å². The Morgan fingerprint density at radius 2 is 1.86 bits per heavy atom. The summed E-state index contributed by atoms with van der Waals surface area (Å²) in [4.78, 5) is 35.0.